The number of aliphatic hydroxyl groups is 7. The van der Waals surface area contributed by atoms with E-state index in [0.29, 0.717) is 19.3 Å². The molecular weight excluding hydrogens is 835 g/mol. The van der Waals surface area contributed by atoms with Gasteiger partial charge >= 0.3 is 0 Å². The van der Waals surface area contributed by atoms with Crippen LogP contribution in [0.2, 0.25) is 0 Å². The Hall–Kier alpha value is -1.67. The first kappa shape index (κ1) is 62.3. The summed E-state index contributed by atoms with van der Waals surface area (Å²) in [6, 6.07) is -1.19. The molecule has 0 aliphatic carbocycles. The van der Waals surface area contributed by atoms with E-state index in [2.05, 4.69) is 55.6 Å². The van der Waals surface area contributed by atoms with E-state index in [1.165, 1.54) is 135 Å². The van der Waals surface area contributed by atoms with Gasteiger partial charge < -0.3 is 50.5 Å². The van der Waals surface area contributed by atoms with Gasteiger partial charge in [0, 0.05) is 0 Å². The molecule has 1 aliphatic heterocycles. The van der Waals surface area contributed by atoms with Crippen LogP contribution < -0.4 is 5.32 Å². The van der Waals surface area contributed by atoms with Gasteiger partial charge in [-0.25, -0.2) is 0 Å². The summed E-state index contributed by atoms with van der Waals surface area (Å²) >= 11 is 0. The van der Waals surface area contributed by atoms with E-state index in [4.69, 9.17) is 9.47 Å². The molecular formula is C55H103NO10. The van der Waals surface area contributed by atoms with E-state index in [1.807, 2.05) is 0 Å². The molecule has 0 spiro atoms. The van der Waals surface area contributed by atoms with Crippen LogP contribution in [0.3, 0.4) is 0 Å². The fourth-order valence-electron chi connectivity index (χ4n) is 8.63. The molecule has 0 saturated carbocycles. The standard InChI is InChI=1S/C55H103NO10/c1-3-5-7-9-11-13-15-17-19-21-23-25-27-29-31-33-35-37-39-41-43-48(59)54(64)56-46(45-65-55-53(63)52(62)51(61)49(44-57)66-55)50(60)47(58)42-40-38-36-34-32-30-28-26-24-22-20-18-16-14-12-10-8-6-4-2/h25-28,34,36,46-53,55,57-63H,3-24,29-33,35,37-45H2,1-2H3,(H,56,64)/b27-25-,28-26+,36-34+. The third-order valence-corrected chi connectivity index (χ3v) is 13.1. The number of aliphatic hydroxyl groups excluding tert-OH is 7. The highest BCUT2D eigenvalue weighted by Crippen LogP contribution is 2.23. The number of unbranched alkanes of at least 4 members (excludes halogenated alkanes) is 28. The molecule has 1 heterocycles. The Morgan fingerprint density at radius 3 is 1.35 bits per heavy atom. The minimum atomic E-state index is -1.67. The van der Waals surface area contributed by atoms with Gasteiger partial charge in [-0.05, 0) is 77.0 Å². The van der Waals surface area contributed by atoms with E-state index in [1.54, 1.807) is 0 Å². The summed E-state index contributed by atoms with van der Waals surface area (Å²) in [5.74, 6) is -0.714. The number of ether oxygens (including phenoxy) is 2. The second-order valence-electron chi connectivity index (χ2n) is 19.3. The third kappa shape index (κ3) is 33.0. The van der Waals surface area contributed by atoms with Crippen molar-refractivity contribution >= 4 is 5.91 Å². The van der Waals surface area contributed by atoms with Crippen LogP contribution in [0.4, 0.5) is 0 Å². The Balaban J connectivity index is 2.40. The van der Waals surface area contributed by atoms with Crippen molar-refractivity contribution in [1.29, 1.82) is 0 Å². The van der Waals surface area contributed by atoms with Gasteiger partial charge in [-0.15, -0.1) is 0 Å². The molecule has 1 saturated heterocycles. The van der Waals surface area contributed by atoms with Crippen LogP contribution in [-0.4, -0.2) is 110 Å². The maximum absolute atomic E-state index is 13.1. The summed E-state index contributed by atoms with van der Waals surface area (Å²) < 4.78 is 11.1. The van der Waals surface area contributed by atoms with Crippen LogP contribution in [0.15, 0.2) is 36.5 Å². The number of rotatable bonds is 46. The number of carbonyl (C=O) groups excluding carboxylic acids is 1. The number of amides is 1. The molecule has 1 amide bonds. The molecule has 388 valence electrons. The fourth-order valence-corrected chi connectivity index (χ4v) is 8.63. The van der Waals surface area contributed by atoms with Gasteiger partial charge in [-0.3, -0.25) is 4.79 Å². The van der Waals surface area contributed by atoms with Crippen molar-refractivity contribution < 1.29 is 50.0 Å². The average Bonchev–Trinajstić information content (AvgIpc) is 3.32. The number of carbonyl (C=O) groups is 1. The highest BCUT2D eigenvalue weighted by molar-refractivity contribution is 5.80. The first-order chi connectivity index (χ1) is 32.2. The summed E-state index contributed by atoms with van der Waals surface area (Å²) in [6.07, 6.45) is 41.9. The van der Waals surface area contributed by atoms with Crippen LogP contribution in [-0.2, 0) is 14.3 Å². The molecule has 1 rings (SSSR count). The van der Waals surface area contributed by atoms with Crippen molar-refractivity contribution in [2.45, 2.75) is 294 Å². The highest BCUT2D eigenvalue weighted by Gasteiger charge is 2.44. The smallest absolute Gasteiger partial charge is 0.249 e. The Morgan fingerprint density at radius 1 is 0.515 bits per heavy atom. The molecule has 0 aromatic carbocycles. The molecule has 1 aliphatic rings. The molecule has 0 aromatic heterocycles. The molecule has 0 aromatic rings. The van der Waals surface area contributed by atoms with Gasteiger partial charge in [-0.2, -0.15) is 0 Å². The maximum Gasteiger partial charge on any atom is 0.249 e. The van der Waals surface area contributed by atoms with Gasteiger partial charge in [0.25, 0.3) is 0 Å². The molecule has 9 atom stereocenters. The molecule has 0 bridgehead atoms. The van der Waals surface area contributed by atoms with Gasteiger partial charge in [0.15, 0.2) is 6.29 Å². The molecule has 8 N–H and O–H groups in total. The van der Waals surface area contributed by atoms with Gasteiger partial charge in [-0.1, -0.05) is 198 Å². The SMILES string of the molecule is CCCCCCCCCCCC/C=C\CCCCCCCCC(O)C(=O)NC(COC1OC(CO)C(O)C(O)C1O)C(O)C(O)CCC/C=C/CC/C=C/CCCCCCCCCCCC. The van der Waals surface area contributed by atoms with Crippen molar-refractivity contribution in [2.24, 2.45) is 0 Å². The number of nitrogens with one attached hydrogen (secondary N) is 1. The Labute approximate surface area is 403 Å². The molecule has 66 heavy (non-hydrogen) atoms. The van der Waals surface area contributed by atoms with Crippen molar-refractivity contribution in [3.8, 4) is 0 Å². The number of hydrogen-bond acceptors (Lipinski definition) is 10. The van der Waals surface area contributed by atoms with Gasteiger partial charge in [0.1, 0.15) is 36.6 Å². The minimum absolute atomic E-state index is 0.244. The van der Waals surface area contributed by atoms with Crippen LogP contribution in [0, 0.1) is 0 Å². The zero-order valence-corrected chi connectivity index (χ0v) is 42.2. The summed E-state index contributed by atoms with van der Waals surface area (Å²) in [6.45, 7) is 3.44. The molecule has 9 unspecified atom stereocenters. The lowest BCUT2D eigenvalue weighted by Crippen LogP contribution is -2.60. The van der Waals surface area contributed by atoms with Crippen LogP contribution in [0.5, 0.6) is 0 Å². The summed E-state index contributed by atoms with van der Waals surface area (Å²) in [5.41, 5.74) is 0. The van der Waals surface area contributed by atoms with Gasteiger partial charge in [0.05, 0.1) is 25.4 Å². The van der Waals surface area contributed by atoms with Crippen molar-refractivity contribution in [1.82, 2.24) is 5.32 Å². The fraction of sp³-hybridized carbons (Fsp3) is 0.873. The van der Waals surface area contributed by atoms with E-state index in [0.717, 1.165) is 57.8 Å². The summed E-state index contributed by atoms with van der Waals surface area (Å²) in [4.78, 5) is 13.1. The van der Waals surface area contributed by atoms with Gasteiger partial charge in [0.2, 0.25) is 5.91 Å². The lowest BCUT2D eigenvalue weighted by atomic mass is 9.98. The predicted octanol–water partition coefficient (Wildman–Crippen LogP) is 10.7. The lowest BCUT2D eigenvalue weighted by Gasteiger charge is -2.40. The predicted molar refractivity (Wildman–Crippen MR) is 270 cm³/mol. The van der Waals surface area contributed by atoms with E-state index < -0.39 is 74.2 Å². The number of hydrogen-bond donors (Lipinski definition) is 8. The topological polar surface area (TPSA) is 189 Å². The molecule has 1 fully saturated rings. The lowest BCUT2D eigenvalue weighted by molar-refractivity contribution is -0.303. The van der Waals surface area contributed by atoms with E-state index in [-0.39, 0.29) is 12.8 Å². The quantitative estimate of drug-likeness (QED) is 0.0215. The summed E-state index contributed by atoms with van der Waals surface area (Å²) in [7, 11) is 0. The molecule has 11 heteroatoms. The first-order valence-electron chi connectivity index (χ1n) is 27.4. The Kier molecular flexibility index (Phi) is 42.1. The third-order valence-electron chi connectivity index (χ3n) is 13.1. The van der Waals surface area contributed by atoms with Crippen LogP contribution in [0.1, 0.15) is 239 Å². The largest absolute Gasteiger partial charge is 0.394 e. The second-order valence-corrected chi connectivity index (χ2v) is 19.3. The van der Waals surface area contributed by atoms with Crippen LogP contribution >= 0.6 is 0 Å². The van der Waals surface area contributed by atoms with Crippen molar-refractivity contribution in [3.63, 3.8) is 0 Å². The monoisotopic (exact) mass is 938 g/mol. The number of allylic oxidation sites excluding steroid dienone is 6. The Morgan fingerprint density at radius 2 is 0.909 bits per heavy atom. The summed E-state index contributed by atoms with van der Waals surface area (Å²) in [5, 5.41) is 76.0. The highest BCUT2D eigenvalue weighted by atomic mass is 16.7. The zero-order valence-electron chi connectivity index (χ0n) is 42.2. The van der Waals surface area contributed by atoms with E-state index >= 15 is 0 Å². The zero-order chi connectivity index (χ0) is 48.3. The average molecular weight is 938 g/mol. The first-order valence-corrected chi connectivity index (χ1v) is 27.4. The maximum atomic E-state index is 13.1. The molecule has 0 radical (unpaired) electrons. The molecule has 11 nitrogen and oxygen atoms in total. The minimum Gasteiger partial charge on any atom is -0.394 e. The Bertz CT molecular complexity index is 1170. The van der Waals surface area contributed by atoms with Crippen LogP contribution in [0.25, 0.3) is 0 Å². The second kappa shape index (κ2) is 44.5. The van der Waals surface area contributed by atoms with Crippen molar-refractivity contribution in [2.75, 3.05) is 13.2 Å². The normalized spacial score (nSPS) is 21.0. The van der Waals surface area contributed by atoms with Crippen molar-refractivity contribution in [3.05, 3.63) is 36.5 Å². The van der Waals surface area contributed by atoms with E-state index in [9.17, 15) is 40.5 Å².